The van der Waals surface area contributed by atoms with Crippen LogP contribution >= 0.6 is 0 Å². The van der Waals surface area contributed by atoms with Crippen LogP contribution in [-0.4, -0.2) is 36.9 Å². The van der Waals surface area contributed by atoms with E-state index in [0.29, 0.717) is 5.41 Å². The number of carbonyl (C=O) groups excluding carboxylic acids is 1. The van der Waals surface area contributed by atoms with Crippen molar-refractivity contribution in [2.24, 2.45) is 5.41 Å². The summed E-state index contributed by atoms with van der Waals surface area (Å²) in [4.78, 5) is 19.2. The first kappa shape index (κ1) is 14.6. The minimum Gasteiger partial charge on any atom is -0.350 e. The molecule has 5 nitrogen and oxygen atoms in total. The number of nitrogens with one attached hydrogen (secondary N) is 1. The highest BCUT2D eigenvalue weighted by Gasteiger charge is 2.26. The summed E-state index contributed by atoms with van der Waals surface area (Å²) in [5.41, 5.74) is 2.87. The molecule has 19 heavy (non-hydrogen) atoms. The van der Waals surface area contributed by atoms with Crippen molar-refractivity contribution in [2.45, 2.75) is 58.7 Å². The van der Waals surface area contributed by atoms with Crippen molar-refractivity contribution in [3.05, 3.63) is 0 Å². The Labute approximate surface area is 115 Å². The third-order valence-corrected chi connectivity index (χ3v) is 4.04. The lowest BCUT2D eigenvalue weighted by Crippen LogP contribution is -2.43. The molecule has 1 atom stereocenters. The monoisotopic (exact) mass is 270 g/mol. The number of ether oxygens (including phenoxy) is 1. The molecule has 0 radical (unpaired) electrons. The van der Waals surface area contributed by atoms with Gasteiger partial charge in [0.25, 0.3) is 0 Å². The maximum absolute atomic E-state index is 12.0. The highest BCUT2D eigenvalue weighted by molar-refractivity contribution is 5.73. The van der Waals surface area contributed by atoms with Gasteiger partial charge in [-0.2, -0.15) is 0 Å². The molecule has 1 N–H and O–H groups in total. The van der Waals surface area contributed by atoms with Crippen LogP contribution in [0.15, 0.2) is 0 Å². The Kier molecular flexibility index (Phi) is 5.05. The summed E-state index contributed by atoms with van der Waals surface area (Å²) in [5.74, 6) is 0. The van der Waals surface area contributed by atoms with E-state index in [2.05, 4.69) is 19.3 Å². The summed E-state index contributed by atoms with van der Waals surface area (Å²) >= 11 is 0. The molecule has 0 aromatic rings. The van der Waals surface area contributed by atoms with Crippen molar-refractivity contribution < 1.29 is 14.4 Å². The highest BCUT2D eigenvalue weighted by Crippen LogP contribution is 2.29. The van der Waals surface area contributed by atoms with Gasteiger partial charge in [0.15, 0.2) is 6.29 Å². The zero-order chi connectivity index (χ0) is 13.7. The minimum absolute atomic E-state index is 0.133. The van der Waals surface area contributed by atoms with Crippen LogP contribution in [0.4, 0.5) is 4.79 Å². The smallest absolute Gasteiger partial charge is 0.341 e. The molecule has 2 fully saturated rings. The zero-order valence-electron chi connectivity index (χ0n) is 12.1. The van der Waals surface area contributed by atoms with Gasteiger partial charge in [0.2, 0.25) is 0 Å². The first-order chi connectivity index (χ1) is 9.07. The maximum Gasteiger partial charge on any atom is 0.341 e. The Morgan fingerprint density at radius 2 is 2.11 bits per heavy atom. The molecule has 0 spiro atoms. The fraction of sp³-hybridized carbons (Fsp3) is 0.929. The second-order valence-corrected chi connectivity index (χ2v) is 6.33. The molecule has 2 amide bonds. The van der Waals surface area contributed by atoms with E-state index in [-0.39, 0.29) is 12.3 Å². The number of hydroxylamine groups is 1. The molecule has 0 aliphatic carbocycles. The molecular weight excluding hydrogens is 244 g/mol. The Bertz CT molecular complexity index is 301. The number of rotatable bonds is 2. The predicted octanol–water partition coefficient (Wildman–Crippen LogP) is 2.67. The summed E-state index contributed by atoms with van der Waals surface area (Å²) in [7, 11) is 0. The SMILES string of the molecule is CC1(C)CCCN(C(=O)NO[C@@H]2CCCCO2)CC1. The quantitative estimate of drug-likeness (QED) is 0.785. The third kappa shape index (κ3) is 4.66. The molecule has 110 valence electrons. The van der Waals surface area contributed by atoms with Gasteiger partial charge in [0.1, 0.15) is 0 Å². The van der Waals surface area contributed by atoms with Gasteiger partial charge in [-0.05, 0) is 37.5 Å². The zero-order valence-corrected chi connectivity index (χ0v) is 12.1. The van der Waals surface area contributed by atoms with E-state index >= 15 is 0 Å². The highest BCUT2D eigenvalue weighted by atomic mass is 16.8. The lowest BCUT2D eigenvalue weighted by atomic mass is 9.85. The van der Waals surface area contributed by atoms with Crippen molar-refractivity contribution in [2.75, 3.05) is 19.7 Å². The average Bonchev–Trinajstić information content (AvgIpc) is 2.58. The van der Waals surface area contributed by atoms with Gasteiger partial charge in [-0.3, -0.25) is 0 Å². The number of hydrogen-bond acceptors (Lipinski definition) is 3. The summed E-state index contributed by atoms with van der Waals surface area (Å²) < 4.78 is 5.42. The molecule has 2 heterocycles. The van der Waals surface area contributed by atoms with Gasteiger partial charge in [-0.25, -0.2) is 15.1 Å². The Morgan fingerprint density at radius 3 is 2.84 bits per heavy atom. The van der Waals surface area contributed by atoms with Crippen LogP contribution in [0.25, 0.3) is 0 Å². The van der Waals surface area contributed by atoms with Gasteiger partial charge in [0.05, 0.1) is 0 Å². The Balaban J connectivity index is 1.73. The maximum atomic E-state index is 12.0. The first-order valence-electron chi connectivity index (χ1n) is 7.39. The molecule has 0 unspecified atom stereocenters. The fourth-order valence-corrected chi connectivity index (χ4v) is 2.61. The molecule has 5 heteroatoms. The summed E-state index contributed by atoms with van der Waals surface area (Å²) in [6.45, 7) is 6.86. The van der Waals surface area contributed by atoms with E-state index in [9.17, 15) is 4.79 Å². The van der Waals surface area contributed by atoms with Crippen LogP contribution in [0.5, 0.6) is 0 Å². The van der Waals surface area contributed by atoms with Crippen LogP contribution in [0.2, 0.25) is 0 Å². The van der Waals surface area contributed by atoms with Gasteiger partial charge >= 0.3 is 6.03 Å². The van der Waals surface area contributed by atoms with E-state index in [0.717, 1.165) is 51.8 Å². The number of nitrogens with zero attached hydrogens (tertiary/aromatic N) is 1. The van der Waals surface area contributed by atoms with Crippen LogP contribution in [0.3, 0.4) is 0 Å². The van der Waals surface area contributed by atoms with Crippen molar-refractivity contribution >= 4 is 6.03 Å². The summed E-state index contributed by atoms with van der Waals surface area (Å²) in [6.07, 6.45) is 6.02. The second kappa shape index (κ2) is 6.57. The Morgan fingerprint density at radius 1 is 1.26 bits per heavy atom. The van der Waals surface area contributed by atoms with Gasteiger partial charge in [-0.15, -0.1) is 0 Å². The van der Waals surface area contributed by atoms with E-state index in [1.165, 1.54) is 6.42 Å². The minimum atomic E-state index is -0.277. The normalized spacial score (nSPS) is 27.7. The second-order valence-electron chi connectivity index (χ2n) is 6.33. The van der Waals surface area contributed by atoms with Crippen molar-refractivity contribution in [1.29, 1.82) is 0 Å². The molecule has 2 saturated heterocycles. The molecule has 0 aromatic carbocycles. The topological polar surface area (TPSA) is 50.8 Å². The molecular formula is C14H26N2O3. The van der Waals surface area contributed by atoms with Crippen LogP contribution < -0.4 is 5.48 Å². The molecule has 2 aliphatic heterocycles. The Hall–Kier alpha value is -0.810. The fourth-order valence-electron chi connectivity index (χ4n) is 2.61. The van der Waals surface area contributed by atoms with E-state index in [1.54, 1.807) is 0 Å². The van der Waals surface area contributed by atoms with Crippen LogP contribution in [-0.2, 0) is 9.57 Å². The standard InChI is InChI=1S/C14H26N2O3/c1-14(2)7-5-9-16(10-8-14)13(17)15-19-12-6-3-4-11-18-12/h12H,3-11H2,1-2H3,(H,15,17)/t12-/m1/s1. The van der Waals surface area contributed by atoms with E-state index < -0.39 is 0 Å². The van der Waals surface area contributed by atoms with Gasteiger partial charge in [0, 0.05) is 26.1 Å². The predicted molar refractivity (Wildman–Crippen MR) is 72.4 cm³/mol. The number of urea groups is 1. The van der Waals surface area contributed by atoms with E-state index in [4.69, 9.17) is 9.57 Å². The lowest BCUT2D eigenvalue weighted by molar-refractivity contribution is -0.187. The summed E-state index contributed by atoms with van der Waals surface area (Å²) in [5, 5.41) is 0. The number of amides is 2. The first-order valence-corrected chi connectivity index (χ1v) is 7.39. The third-order valence-electron chi connectivity index (χ3n) is 4.04. The number of likely N-dealkylation sites (tertiary alicyclic amines) is 1. The number of carbonyl (C=O) groups is 1. The lowest BCUT2D eigenvalue weighted by Gasteiger charge is -2.26. The van der Waals surface area contributed by atoms with Gasteiger partial charge < -0.3 is 9.64 Å². The van der Waals surface area contributed by atoms with Crippen molar-refractivity contribution in [1.82, 2.24) is 10.4 Å². The van der Waals surface area contributed by atoms with Crippen LogP contribution in [0.1, 0.15) is 52.4 Å². The van der Waals surface area contributed by atoms with Gasteiger partial charge in [-0.1, -0.05) is 13.8 Å². The average molecular weight is 270 g/mol. The molecule has 2 rings (SSSR count). The van der Waals surface area contributed by atoms with Crippen molar-refractivity contribution in [3.63, 3.8) is 0 Å². The largest absolute Gasteiger partial charge is 0.350 e. The number of hydrogen-bond donors (Lipinski definition) is 1. The molecule has 0 bridgehead atoms. The summed E-state index contributed by atoms with van der Waals surface area (Å²) in [6, 6.07) is -0.133. The molecule has 2 aliphatic rings. The molecule has 0 saturated carbocycles. The van der Waals surface area contributed by atoms with E-state index in [1.807, 2.05) is 4.90 Å². The molecule has 0 aromatic heterocycles. The van der Waals surface area contributed by atoms with Crippen LogP contribution in [0, 0.1) is 5.41 Å². The van der Waals surface area contributed by atoms with Crippen molar-refractivity contribution in [3.8, 4) is 0 Å².